The quantitative estimate of drug-likeness (QED) is 0.572. The molecule has 1 atom stereocenters. The first-order valence-electron chi connectivity index (χ1n) is 9.52. The van der Waals surface area contributed by atoms with Crippen molar-refractivity contribution in [3.05, 3.63) is 53.3 Å². The van der Waals surface area contributed by atoms with E-state index in [1.165, 1.54) is 0 Å². The van der Waals surface area contributed by atoms with Crippen molar-refractivity contribution in [2.75, 3.05) is 24.7 Å². The predicted octanol–water partition coefficient (Wildman–Crippen LogP) is 1.73. The Kier molecular flexibility index (Phi) is 4.17. The van der Waals surface area contributed by atoms with Crippen LogP contribution in [0.5, 0.6) is 0 Å². The summed E-state index contributed by atoms with van der Waals surface area (Å²) >= 11 is 0. The molecule has 1 saturated heterocycles. The minimum absolute atomic E-state index is 0.0592. The normalized spacial score (nSPS) is 17.2. The van der Waals surface area contributed by atoms with E-state index in [2.05, 4.69) is 15.1 Å². The molecule has 0 aromatic carbocycles. The molecule has 148 valence electrons. The fourth-order valence-corrected chi connectivity index (χ4v) is 3.80. The minimum atomic E-state index is -0.175. The highest BCUT2D eigenvalue weighted by molar-refractivity contribution is 5.91. The summed E-state index contributed by atoms with van der Waals surface area (Å²) in [5, 5.41) is 5.18. The topological polar surface area (TPSA) is 93.9 Å². The Balaban J connectivity index is 1.77. The number of aromatic amines is 1. The molecule has 0 saturated carbocycles. The van der Waals surface area contributed by atoms with E-state index in [1.807, 2.05) is 43.3 Å². The number of fused-ring (bicyclic) bond motifs is 1. The zero-order valence-electron chi connectivity index (χ0n) is 16.2. The number of pyridine rings is 1. The summed E-state index contributed by atoms with van der Waals surface area (Å²) in [6.07, 6.45) is 7.04. The lowest BCUT2D eigenvalue weighted by Crippen LogP contribution is -2.47. The number of nitrogens with one attached hydrogen (secondary N) is 1. The highest BCUT2D eigenvalue weighted by atomic mass is 16.5. The van der Waals surface area contributed by atoms with E-state index < -0.39 is 0 Å². The number of anilines is 1. The van der Waals surface area contributed by atoms with Crippen LogP contribution in [0.25, 0.3) is 28.1 Å². The third-order valence-electron chi connectivity index (χ3n) is 5.31. The van der Waals surface area contributed by atoms with Crippen molar-refractivity contribution < 1.29 is 4.74 Å². The van der Waals surface area contributed by atoms with Crippen LogP contribution in [0.1, 0.15) is 6.92 Å². The number of ether oxygens (including phenoxy) is 1. The SMILES string of the molecule is C[C@@H]1COCCN1c1nc(-c2ccnc3[nH]ccc23)cn(-c2ccnn2C)c1=O. The molecule has 1 N–H and O–H groups in total. The lowest BCUT2D eigenvalue weighted by Gasteiger charge is -2.34. The van der Waals surface area contributed by atoms with E-state index in [4.69, 9.17) is 9.72 Å². The third-order valence-corrected chi connectivity index (χ3v) is 5.31. The van der Waals surface area contributed by atoms with Gasteiger partial charge >= 0.3 is 0 Å². The molecule has 0 bridgehead atoms. The number of aryl methyl sites for hydroxylation is 1. The molecule has 9 heteroatoms. The molecule has 1 fully saturated rings. The first-order valence-corrected chi connectivity index (χ1v) is 9.52. The molecule has 1 aliphatic rings. The standard InChI is InChI=1S/C20H21N7O2/c1-13-12-29-10-9-26(13)19-20(28)27(17-5-8-23-25(17)2)11-16(24-19)14-3-6-21-18-15(14)4-7-22-18/h3-8,11,13H,9-10,12H2,1-2H3,(H,21,22)/t13-/m1/s1. The van der Waals surface area contributed by atoms with E-state index in [0.29, 0.717) is 37.1 Å². The van der Waals surface area contributed by atoms with E-state index >= 15 is 0 Å². The number of aromatic nitrogens is 6. The second-order valence-electron chi connectivity index (χ2n) is 7.15. The van der Waals surface area contributed by atoms with Crippen molar-refractivity contribution in [2.24, 2.45) is 7.05 Å². The first-order chi connectivity index (χ1) is 14.1. The van der Waals surface area contributed by atoms with Crippen LogP contribution >= 0.6 is 0 Å². The Hall–Kier alpha value is -3.46. The number of nitrogens with zero attached hydrogens (tertiary/aromatic N) is 6. The molecular weight excluding hydrogens is 370 g/mol. The maximum atomic E-state index is 13.4. The average molecular weight is 391 g/mol. The third kappa shape index (κ3) is 2.90. The van der Waals surface area contributed by atoms with Crippen LogP contribution < -0.4 is 10.5 Å². The van der Waals surface area contributed by atoms with Gasteiger partial charge in [0.05, 0.1) is 31.1 Å². The van der Waals surface area contributed by atoms with Crippen LogP contribution in [0.3, 0.4) is 0 Å². The van der Waals surface area contributed by atoms with Gasteiger partial charge in [-0.1, -0.05) is 0 Å². The van der Waals surface area contributed by atoms with Gasteiger partial charge in [-0.2, -0.15) is 5.10 Å². The van der Waals surface area contributed by atoms with Crippen molar-refractivity contribution in [1.82, 2.24) is 29.3 Å². The van der Waals surface area contributed by atoms with Gasteiger partial charge in [0.25, 0.3) is 5.56 Å². The van der Waals surface area contributed by atoms with E-state index in [1.54, 1.807) is 27.8 Å². The van der Waals surface area contributed by atoms with Gasteiger partial charge < -0.3 is 14.6 Å². The summed E-state index contributed by atoms with van der Waals surface area (Å²) in [6.45, 7) is 3.79. The molecule has 4 aromatic heterocycles. The van der Waals surface area contributed by atoms with Crippen molar-refractivity contribution in [3.63, 3.8) is 0 Å². The molecule has 4 aromatic rings. The summed E-state index contributed by atoms with van der Waals surface area (Å²) in [7, 11) is 1.82. The molecule has 9 nitrogen and oxygen atoms in total. The van der Waals surface area contributed by atoms with Gasteiger partial charge in [-0.3, -0.25) is 14.0 Å². The minimum Gasteiger partial charge on any atom is -0.377 e. The Morgan fingerprint density at radius 2 is 2.14 bits per heavy atom. The molecule has 5 rings (SSSR count). The zero-order valence-corrected chi connectivity index (χ0v) is 16.2. The number of H-pyrrole nitrogens is 1. The molecule has 0 radical (unpaired) electrons. The van der Waals surface area contributed by atoms with Crippen molar-refractivity contribution >= 4 is 16.9 Å². The number of hydrogen-bond donors (Lipinski definition) is 1. The summed E-state index contributed by atoms with van der Waals surface area (Å²) in [4.78, 5) is 27.7. The van der Waals surface area contributed by atoms with Gasteiger partial charge in [0.1, 0.15) is 11.5 Å². The van der Waals surface area contributed by atoms with Crippen molar-refractivity contribution in [1.29, 1.82) is 0 Å². The number of rotatable bonds is 3. The molecule has 5 heterocycles. The molecule has 29 heavy (non-hydrogen) atoms. The van der Waals surface area contributed by atoms with Crippen molar-refractivity contribution in [3.8, 4) is 17.1 Å². The first kappa shape index (κ1) is 17.6. The van der Waals surface area contributed by atoms with Gasteiger partial charge in [-0.15, -0.1) is 0 Å². The summed E-state index contributed by atoms with van der Waals surface area (Å²) in [5.41, 5.74) is 2.22. The fourth-order valence-electron chi connectivity index (χ4n) is 3.80. The smallest absolute Gasteiger partial charge is 0.299 e. The Morgan fingerprint density at radius 3 is 2.93 bits per heavy atom. The lowest BCUT2D eigenvalue weighted by molar-refractivity contribution is 0.0983. The molecule has 0 unspecified atom stereocenters. The largest absolute Gasteiger partial charge is 0.377 e. The highest BCUT2D eigenvalue weighted by Gasteiger charge is 2.25. The molecule has 0 amide bonds. The van der Waals surface area contributed by atoms with Crippen LogP contribution in [0.2, 0.25) is 0 Å². The van der Waals surface area contributed by atoms with E-state index in [-0.39, 0.29) is 11.6 Å². The van der Waals surface area contributed by atoms with E-state index in [0.717, 1.165) is 16.6 Å². The maximum Gasteiger partial charge on any atom is 0.299 e. The maximum absolute atomic E-state index is 13.4. The van der Waals surface area contributed by atoms with E-state index in [9.17, 15) is 4.79 Å². The van der Waals surface area contributed by atoms with Crippen molar-refractivity contribution in [2.45, 2.75) is 13.0 Å². The monoisotopic (exact) mass is 391 g/mol. The van der Waals surface area contributed by atoms with Crippen LogP contribution in [0.4, 0.5) is 5.82 Å². The van der Waals surface area contributed by atoms with Crippen LogP contribution in [0, 0.1) is 0 Å². The van der Waals surface area contributed by atoms with Gasteiger partial charge in [0.15, 0.2) is 5.82 Å². The van der Waals surface area contributed by atoms with Gasteiger partial charge in [0.2, 0.25) is 0 Å². The molecular formula is C20H21N7O2. The fraction of sp³-hybridized carbons (Fsp3) is 0.300. The van der Waals surface area contributed by atoms with Gasteiger partial charge in [-0.25, -0.2) is 9.97 Å². The highest BCUT2D eigenvalue weighted by Crippen LogP contribution is 2.27. The Morgan fingerprint density at radius 1 is 1.24 bits per heavy atom. The molecule has 1 aliphatic heterocycles. The molecule has 0 aliphatic carbocycles. The molecule has 0 spiro atoms. The van der Waals surface area contributed by atoms with Crippen LogP contribution in [-0.4, -0.2) is 55.1 Å². The number of hydrogen-bond acceptors (Lipinski definition) is 6. The van der Waals surface area contributed by atoms with Crippen LogP contribution in [-0.2, 0) is 11.8 Å². The summed E-state index contributed by atoms with van der Waals surface area (Å²) in [6, 6.07) is 5.76. The average Bonchev–Trinajstić information content (AvgIpc) is 3.37. The summed E-state index contributed by atoms with van der Waals surface area (Å²) < 4.78 is 8.85. The number of morpholine rings is 1. The van der Waals surface area contributed by atoms with Crippen LogP contribution in [0.15, 0.2) is 47.8 Å². The second-order valence-corrected chi connectivity index (χ2v) is 7.15. The van der Waals surface area contributed by atoms with Gasteiger partial charge in [0, 0.05) is 49.2 Å². The Labute approximate surface area is 166 Å². The zero-order chi connectivity index (χ0) is 20.0. The Bertz CT molecular complexity index is 1240. The predicted molar refractivity (Wildman–Crippen MR) is 109 cm³/mol. The lowest BCUT2D eigenvalue weighted by atomic mass is 10.1. The summed E-state index contributed by atoms with van der Waals surface area (Å²) in [5.74, 6) is 1.10. The second kappa shape index (κ2) is 6.85. The van der Waals surface area contributed by atoms with Gasteiger partial charge in [-0.05, 0) is 19.1 Å².